The summed E-state index contributed by atoms with van der Waals surface area (Å²) in [4.78, 5) is 0. The summed E-state index contributed by atoms with van der Waals surface area (Å²) in [6.07, 6.45) is 0. The topological polar surface area (TPSA) is 40.5 Å². The lowest BCUT2D eigenvalue weighted by Gasteiger charge is -2.18. The summed E-state index contributed by atoms with van der Waals surface area (Å²) >= 11 is 3.52. The molecule has 0 atom stereocenters. The highest BCUT2D eigenvalue weighted by molar-refractivity contribution is 9.10. The Balaban J connectivity index is 0.000000123. The van der Waals surface area contributed by atoms with Gasteiger partial charge in [0.25, 0.3) is 0 Å². The van der Waals surface area contributed by atoms with E-state index in [-0.39, 0.29) is 0 Å². The highest BCUT2D eigenvalue weighted by Crippen LogP contribution is 2.46. The highest BCUT2D eigenvalue weighted by Gasteiger charge is 2.23. The zero-order chi connectivity index (χ0) is 61.7. The number of hydrogen-bond donors (Lipinski definition) is 2. The molecule has 92 heavy (non-hydrogen) atoms. The molecular weight excluding hydrogens is 1180 g/mol. The van der Waals surface area contributed by atoms with Crippen molar-refractivity contribution in [2.45, 2.75) is 0 Å². The van der Waals surface area contributed by atoms with Gasteiger partial charge in [-0.2, -0.15) is 0 Å². The molecule has 0 aliphatic rings. The minimum atomic E-state index is -1.54. The Morgan fingerprint density at radius 2 is 0.457 bits per heavy atom. The molecule has 18 rings (SSSR count). The SMILES string of the molecule is Brc1ccc2ccc3ccccc3c2c1.OB(O)c1c2ccccc2c(-c2ccc(-c3cccc4ccccc34)cc2)c2ccccc12.c1ccc2c(-c3ccc(-c4c5ccccc5c(-c5ccc6ccc7ccccc7c6c5)c5ccccc45)cc3)cccc2c1. The highest BCUT2D eigenvalue weighted by atomic mass is 79.9. The molecule has 0 aliphatic carbocycles. The minimum absolute atomic E-state index is 0.553. The van der Waals surface area contributed by atoms with Crippen LogP contribution in [0.1, 0.15) is 0 Å². The van der Waals surface area contributed by atoms with Crippen LogP contribution in [0.3, 0.4) is 0 Å². The lowest BCUT2D eigenvalue weighted by molar-refractivity contribution is 0.426. The standard InChI is InChI=1S/C44H28.C30H21BO2.C14H9Br/c1-3-13-35-29(10-1)12-9-19-36(35)31-22-25-33(26-23-31)43-38-15-5-7-17-40(38)44(41-18-8-6-16-39(41)43)34-27-24-32-21-20-30-11-2-4-14-37(30)42(32)28-34;32-31(33)30-27-13-5-3-11-25(27)29(26-12-4-6-14-28(26)30)22-18-16-21(17-19-22)24-15-7-9-20-8-1-2-10-23(20)24;15-12-8-7-11-6-5-10-3-1-2-4-13(10)14(11)9-12/h1-28H;1-19,32-33H;1-9H. The van der Waals surface area contributed by atoms with Crippen LogP contribution in [0.5, 0.6) is 0 Å². The number of rotatable bonds is 6. The Labute approximate surface area is 542 Å². The normalized spacial score (nSPS) is 11.4. The van der Waals surface area contributed by atoms with E-state index >= 15 is 0 Å². The smallest absolute Gasteiger partial charge is 0.423 e. The van der Waals surface area contributed by atoms with E-state index in [9.17, 15) is 10.0 Å². The Morgan fingerprint density at radius 1 is 0.196 bits per heavy atom. The number of benzene rings is 18. The fourth-order valence-corrected chi connectivity index (χ4v) is 14.6. The van der Waals surface area contributed by atoms with E-state index in [0.29, 0.717) is 5.46 Å². The van der Waals surface area contributed by atoms with Crippen molar-refractivity contribution in [3.05, 3.63) is 344 Å². The molecule has 0 amide bonds. The number of hydrogen-bond acceptors (Lipinski definition) is 2. The Hall–Kier alpha value is -11.0. The summed E-state index contributed by atoms with van der Waals surface area (Å²) < 4.78 is 1.13. The number of halogens is 1. The van der Waals surface area contributed by atoms with Crippen molar-refractivity contribution in [2.75, 3.05) is 0 Å². The van der Waals surface area contributed by atoms with Crippen molar-refractivity contribution in [1.29, 1.82) is 0 Å². The third-order valence-electron chi connectivity index (χ3n) is 18.5. The van der Waals surface area contributed by atoms with Gasteiger partial charge in [0.2, 0.25) is 0 Å². The first kappa shape index (κ1) is 56.3. The summed E-state index contributed by atoms with van der Waals surface area (Å²) in [5.74, 6) is 0. The first-order chi connectivity index (χ1) is 45.4. The van der Waals surface area contributed by atoms with E-state index in [2.05, 4.69) is 319 Å². The summed E-state index contributed by atoms with van der Waals surface area (Å²) in [6.45, 7) is 0. The van der Waals surface area contributed by atoms with Gasteiger partial charge in [0.1, 0.15) is 0 Å². The van der Waals surface area contributed by atoms with E-state index < -0.39 is 7.12 Å². The van der Waals surface area contributed by atoms with Crippen LogP contribution in [-0.4, -0.2) is 17.2 Å². The van der Waals surface area contributed by atoms with Gasteiger partial charge >= 0.3 is 7.12 Å². The number of fused-ring (bicyclic) bond motifs is 12. The Kier molecular flexibility index (Phi) is 14.7. The van der Waals surface area contributed by atoms with E-state index in [1.165, 1.54) is 131 Å². The molecule has 0 unspecified atom stereocenters. The molecule has 0 fully saturated rings. The maximum atomic E-state index is 10.2. The zero-order valence-electron chi connectivity index (χ0n) is 50.2. The van der Waals surface area contributed by atoms with Crippen molar-refractivity contribution < 1.29 is 10.0 Å². The van der Waals surface area contributed by atoms with E-state index in [1.54, 1.807) is 0 Å². The largest absolute Gasteiger partial charge is 0.489 e. The van der Waals surface area contributed by atoms with Crippen molar-refractivity contribution in [1.82, 2.24) is 0 Å². The van der Waals surface area contributed by atoms with Crippen LogP contribution in [-0.2, 0) is 0 Å². The molecule has 0 saturated carbocycles. The van der Waals surface area contributed by atoms with Gasteiger partial charge < -0.3 is 10.0 Å². The average Bonchev–Trinajstić information content (AvgIpc) is 1.14. The second kappa shape index (κ2) is 24.1. The minimum Gasteiger partial charge on any atom is -0.423 e. The van der Waals surface area contributed by atoms with Gasteiger partial charge in [0.15, 0.2) is 0 Å². The van der Waals surface area contributed by atoms with E-state index in [4.69, 9.17) is 0 Å². The molecule has 0 bridgehead atoms. The van der Waals surface area contributed by atoms with Crippen molar-refractivity contribution in [3.8, 4) is 55.6 Å². The molecule has 0 heterocycles. The van der Waals surface area contributed by atoms with Crippen LogP contribution in [0.4, 0.5) is 0 Å². The fraction of sp³-hybridized carbons (Fsp3) is 0. The summed E-state index contributed by atoms with van der Waals surface area (Å²) in [5.41, 5.74) is 12.7. The molecule has 0 saturated heterocycles. The quantitative estimate of drug-likeness (QED) is 0.0990. The molecule has 0 spiro atoms. The van der Waals surface area contributed by atoms with Crippen molar-refractivity contribution in [3.63, 3.8) is 0 Å². The molecule has 18 aromatic rings. The van der Waals surface area contributed by atoms with Crippen LogP contribution in [0.2, 0.25) is 0 Å². The molecule has 0 aliphatic heterocycles. The summed E-state index contributed by atoms with van der Waals surface area (Å²) in [7, 11) is -1.54. The first-order valence-corrected chi connectivity index (χ1v) is 32.1. The van der Waals surface area contributed by atoms with Gasteiger partial charge in [0, 0.05) is 4.47 Å². The van der Waals surface area contributed by atoms with E-state index in [0.717, 1.165) is 37.1 Å². The van der Waals surface area contributed by atoms with Crippen LogP contribution in [0.25, 0.3) is 163 Å². The van der Waals surface area contributed by atoms with Crippen LogP contribution >= 0.6 is 15.9 Å². The van der Waals surface area contributed by atoms with Gasteiger partial charge in [-0.3, -0.25) is 0 Å². The predicted octanol–water partition coefficient (Wildman–Crippen LogP) is 23.4. The summed E-state index contributed by atoms with van der Waals surface area (Å²) in [6, 6.07) is 121. The molecule has 2 nitrogen and oxygen atoms in total. The fourth-order valence-electron chi connectivity index (χ4n) is 14.2. The molecule has 0 aromatic heterocycles. The lowest BCUT2D eigenvalue weighted by Crippen LogP contribution is -2.31. The first-order valence-electron chi connectivity index (χ1n) is 31.3. The van der Waals surface area contributed by atoms with E-state index in [1.807, 2.05) is 36.4 Å². The maximum absolute atomic E-state index is 10.2. The average molecular weight is 1240 g/mol. The zero-order valence-corrected chi connectivity index (χ0v) is 51.8. The van der Waals surface area contributed by atoms with Crippen LogP contribution in [0.15, 0.2) is 344 Å². The lowest BCUT2D eigenvalue weighted by atomic mass is 9.72. The molecule has 0 radical (unpaired) electrons. The van der Waals surface area contributed by atoms with Crippen molar-refractivity contribution in [2.24, 2.45) is 0 Å². The van der Waals surface area contributed by atoms with Gasteiger partial charge in [-0.1, -0.05) is 337 Å². The van der Waals surface area contributed by atoms with Gasteiger partial charge in [-0.05, 0) is 187 Å². The van der Waals surface area contributed by atoms with Gasteiger partial charge in [-0.15, -0.1) is 0 Å². The third kappa shape index (κ3) is 10.2. The Bertz CT molecular complexity index is 5750. The second-order valence-corrected chi connectivity index (χ2v) is 24.6. The van der Waals surface area contributed by atoms with Gasteiger partial charge in [-0.25, -0.2) is 0 Å². The molecule has 4 heteroatoms. The summed E-state index contributed by atoms with van der Waals surface area (Å²) in [5, 5.41) is 44.6. The predicted molar refractivity (Wildman–Crippen MR) is 399 cm³/mol. The molecule has 18 aromatic carbocycles. The molecule has 2 N–H and O–H groups in total. The van der Waals surface area contributed by atoms with Gasteiger partial charge in [0.05, 0.1) is 0 Å². The maximum Gasteiger partial charge on any atom is 0.489 e. The molecular formula is C88H58BBrO2. The second-order valence-electron chi connectivity index (χ2n) is 23.7. The Morgan fingerprint density at radius 3 is 0.859 bits per heavy atom. The molecule has 432 valence electrons. The van der Waals surface area contributed by atoms with Crippen LogP contribution in [0, 0.1) is 0 Å². The third-order valence-corrected chi connectivity index (χ3v) is 18.9. The van der Waals surface area contributed by atoms with Crippen molar-refractivity contribution >= 4 is 136 Å². The monoisotopic (exact) mass is 1240 g/mol. The van der Waals surface area contributed by atoms with Crippen LogP contribution < -0.4 is 5.46 Å².